The Kier molecular flexibility index (Phi) is 4.38. The van der Waals surface area contributed by atoms with Gasteiger partial charge in [-0.1, -0.05) is 71.7 Å². The van der Waals surface area contributed by atoms with Crippen molar-refractivity contribution in [2.24, 2.45) is 0 Å². The molecule has 1 aliphatic heterocycles. The summed E-state index contributed by atoms with van der Waals surface area (Å²) >= 11 is 12.6. The first-order chi connectivity index (χ1) is 14.1. The molecule has 1 N–H and O–H groups in total. The van der Waals surface area contributed by atoms with Crippen molar-refractivity contribution in [3.05, 3.63) is 106 Å². The molecule has 4 aromatic rings. The van der Waals surface area contributed by atoms with Crippen LogP contribution >= 0.6 is 23.2 Å². The number of hydrogen-bond acceptors (Lipinski definition) is 2. The van der Waals surface area contributed by atoms with Crippen LogP contribution in [0.15, 0.2) is 78.9 Å². The average molecular weight is 420 g/mol. The lowest BCUT2D eigenvalue weighted by molar-refractivity contribution is 0.0989. The largest absolute Gasteiger partial charge is 0.295 e. The van der Waals surface area contributed by atoms with Crippen LogP contribution in [-0.4, -0.2) is 16.1 Å². The zero-order valence-electron chi connectivity index (χ0n) is 15.1. The van der Waals surface area contributed by atoms with Gasteiger partial charge in [0.15, 0.2) is 0 Å². The van der Waals surface area contributed by atoms with Gasteiger partial charge in [-0.3, -0.25) is 14.8 Å². The number of nitrogens with zero attached hydrogens (tertiary/aromatic N) is 2. The molecule has 1 amide bonds. The molecule has 1 aromatic heterocycles. The number of aromatic nitrogens is 2. The predicted octanol–water partition coefficient (Wildman–Crippen LogP) is 6.13. The first-order valence-electron chi connectivity index (χ1n) is 9.12. The van der Waals surface area contributed by atoms with E-state index in [4.69, 9.17) is 23.2 Å². The summed E-state index contributed by atoms with van der Waals surface area (Å²) in [6.07, 6.45) is 0. The van der Waals surface area contributed by atoms with Crippen molar-refractivity contribution in [2.75, 3.05) is 4.90 Å². The summed E-state index contributed by atoms with van der Waals surface area (Å²) < 4.78 is 0. The highest BCUT2D eigenvalue weighted by Gasteiger charge is 2.43. The Bertz CT molecular complexity index is 1200. The molecular weight excluding hydrogens is 405 g/mol. The second-order valence-electron chi connectivity index (χ2n) is 6.80. The second kappa shape index (κ2) is 7.07. The number of halogens is 2. The van der Waals surface area contributed by atoms with Crippen LogP contribution in [0.25, 0.3) is 11.3 Å². The number of nitrogens with one attached hydrogen (secondary N) is 1. The summed E-state index contributed by atoms with van der Waals surface area (Å²) in [6, 6.07) is 24.2. The van der Waals surface area contributed by atoms with Gasteiger partial charge in [-0.15, -0.1) is 0 Å². The van der Waals surface area contributed by atoms with E-state index in [1.807, 2.05) is 66.7 Å². The normalized spacial score (nSPS) is 15.6. The summed E-state index contributed by atoms with van der Waals surface area (Å²) in [5, 5.41) is 8.63. The first kappa shape index (κ1) is 18.0. The third-order valence-electron chi connectivity index (χ3n) is 5.12. The molecule has 0 fully saturated rings. The van der Waals surface area contributed by atoms with E-state index in [1.54, 1.807) is 17.0 Å². The number of fused-ring (bicyclic) bond motifs is 1. The Labute approximate surface area is 177 Å². The zero-order chi connectivity index (χ0) is 20.0. The third-order valence-corrected chi connectivity index (χ3v) is 5.72. The fourth-order valence-electron chi connectivity index (χ4n) is 3.82. The summed E-state index contributed by atoms with van der Waals surface area (Å²) in [4.78, 5) is 15.1. The maximum absolute atomic E-state index is 13.4. The molecule has 29 heavy (non-hydrogen) atoms. The van der Waals surface area contributed by atoms with Crippen LogP contribution in [-0.2, 0) is 0 Å². The molecule has 1 aliphatic rings. The van der Waals surface area contributed by atoms with Gasteiger partial charge in [-0.25, -0.2) is 0 Å². The number of carbonyl (C=O) groups excluding carboxylic acids is 1. The number of rotatable bonds is 3. The van der Waals surface area contributed by atoms with Crippen LogP contribution in [0.3, 0.4) is 0 Å². The maximum atomic E-state index is 13.4. The quantitative estimate of drug-likeness (QED) is 0.433. The van der Waals surface area contributed by atoms with Crippen molar-refractivity contribution in [1.29, 1.82) is 0 Å². The van der Waals surface area contributed by atoms with Gasteiger partial charge in [-0.05, 0) is 35.9 Å². The molecule has 0 bridgehead atoms. The van der Waals surface area contributed by atoms with E-state index in [1.165, 1.54) is 0 Å². The number of aromatic amines is 1. The highest BCUT2D eigenvalue weighted by Crippen LogP contribution is 2.46. The van der Waals surface area contributed by atoms with Gasteiger partial charge in [0.2, 0.25) is 0 Å². The van der Waals surface area contributed by atoms with Gasteiger partial charge >= 0.3 is 0 Å². The Hall–Kier alpha value is -3.08. The smallest absolute Gasteiger partial charge is 0.277 e. The number of amides is 1. The topological polar surface area (TPSA) is 49.0 Å². The van der Waals surface area contributed by atoms with Crippen LogP contribution in [0.4, 0.5) is 5.69 Å². The fraction of sp³-hybridized carbons (Fsp3) is 0.0435. The molecule has 0 saturated heterocycles. The standard InChI is InChI=1S/C23H15Cl2N3O/c24-15-10-12-16(13-11-15)28-22(17-8-4-5-9-18(17)25)19-20(14-6-2-1-3-7-14)26-27-21(19)23(28)29/h1-13,22H,(H,26,27)/t22-/m0/s1. The van der Waals surface area contributed by atoms with Gasteiger partial charge in [0.1, 0.15) is 5.69 Å². The maximum Gasteiger partial charge on any atom is 0.277 e. The molecule has 3 aromatic carbocycles. The highest BCUT2D eigenvalue weighted by molar-refractivity contribution is 6.32. The van der Waals surface area contributed by atoms with Crippen LogP contribution < -0.4 is 4.90 Å². The summed E-state index contributed by atoms with van der Waals surface area (Å²) in [7, 11) is 0. The van der Waals surface area contributed by atoms with E-state index in [9.17, 15) is 4.79 Å². The molecule has 5 rings (SSSR count). The van der Waals surface area contributed by atoms with Gasteiger partial charge in [-0.2, -0.15) is 5.10 Å². The van der Waals surface area contributed by atoms with Crippen molar-refractivity contribution >= 4 is 34.8 Å². The second-order valence-corrected chi connectivity index (χ2v) is 7.65. The molecule has 6 heteroatoms. The molecule has 1 atom stereocenters. The minimum Gasteiger partial charge on any atom is -0.295 e. The van der Waals surface area contributed by atoms with Crippen LogP contribution in [0.1, 0.15) is 27.7 Å². The van der Waals surface area contributed by atoms with Gasteiger partial charge in [0.25, 0.3) is 5.91 Å². The monoisotopic (exact) mass is 419 g/mol. The molecule has 4 nitrogen and oxygen atoms in total. The van der Waals surface area contributed by atoms with Crippen molar-refractivity contribution in [3.8, 4) is 11.3 Å². The lowest BCUT2D eigenvalue weighted by atomic mass is 9.96. The molecule has 2 heterocycles. The van der Waals surface area contributed by atoms with E-state index < -0.39 is 6.04 Å². The Balaban J connectivity index is 1.75. The molecule has 142 valence electrons. The number of hydrogen-bond donors (Lipinski definition) is 1. The number of carbonyl (C=O) groups is 1. The van der Waals surface area contributed by atoms with Crippen LogP contribution in [0.5, 0.6) is 0 Å². The third kappa shape index (κ3) is 2.92. The van der Waals surface area contributed by atoms with Crippen LogP contribution in [0, 0.1) is 0 Å². The van der Waals surface area contributed by atoms with Gasteiger partial charge < -0.3 is 0 Å². The summed E-state index contributed by atoms with van der Waals surface area (Å²) in [5.74, 6) is -0.151. The molecular formula is C23H15Cl2N3O. The predicted molar refractivity (Wildman–Crippen MR) is 116 cm³/mol. The lowest BCUT2D eigenvalue weighted by Gasteiger charge is -2.27. The molecule has 0 radical (unpaired) electrons. The van der Waals surface area contributed by atoms with E-state index in [0.717, 1.165) is 28.1 Å². The van der Waals surface area contributed by atoms with Crippen LogP contribution in [0.2, 0.25) is 10.0 Å². The van der Waals surface area contributed by atoms with Crippen molar-refractivity contribution in [2.45, 2.75) is 6.04 Å². The Morgan fingerprint density at radius 2 is 1.55 bits per heavy atom. The SMILES string of the molecule is O=C1c2[nH]nc(-c3ccccc3)c2[C@H](c2ccccc2Cl)N1c1ccc(Cl)cc1. The van der Waals surface area contributed by atoms with Crippen molar-refractivity contribution in [1.82, 2.24) is 10.2 Å². The fourth-order valence-corrected chi connectivity index (χ4v) is 4.19. The number of benzene rings is 3. The molecule has 0 aliphatic carbocycles. The number of H-pyrrole nitrogens is 1. The summed E-state index contributed by atoms with van der Waals surface area (Å²) in [5.41, 5.74) is 4.57. The minimum absolute atomic E-state index is 0.151. The Morgan fingerprint density at radius 3 is 2.28 bits per heavy atom. The van der Waals surface area contributed by atoms with E-state index in [0.29, 0.717) is 15.7 Å². The van der Waals surface area contributed by atoms with E-state index in [-0.39, 0.29) is 5.91 Å². The average Bonchev–Trinajstić information content (AvgIpc) is 3.29. The van der Waals surface area contributed by atoms with E-state index in [2.05, 4.69) is 10.2 Å². The minimum atomic E-state index is -0.402. The molecule has 0 spiro atoms. The van der Waals surface area contributed by atoms with E-state index >= 15 is 0 Å². The summed E-state index contributed by atoms with van der Waals surface area (Å²) in [6.45, 7) is 0. The highest BCUT2D eigenvalue weighted by atomic mass is 35.5. The lowest BCUT2D eigenvalue weighted by Crippen LogP contribution is -2.29. The Morgan fingerprint density at radius 1 is 0.862 bits per heavy atom. The van der Waals surface area contributed by atoms with Crippen molar-refractivity contribution < 1.29 is 4.79 Å². The van der Waals surface area contributed by atoms with Crippen molar-refractivity contribution in [3.63, 3.8) is 0 Å². The zero-order valence-corrected chi connectivity index (χ0v) is 16.7. The first-order valence-corrected chi connectivity index (χ1v) is 9.88. The van der Waals surface area contributed by atoms with Gasteiger partial charge in [0, 0.05) is 26.9 Å². The van der Waals surface area contributed by atoms with Gasteiger partial charge in [0.05, 0.1) is 11.7 Å². The molecule has 0 unspecified atom stereocenters. The number of anilines is 1. The molecule has 0 saturated carbocycles.